The number of carbonyl (C=O) groups is 2. The number of Topliss-reactive ketones (excluding diaryl/α,β-unsaturated/α-hetero) is 1. The molecule has 2 aromatic carbocycles. The van der Waals surface area contributed by atoms with E-state index in [9.17, 15) is 14.0 Å². The third-order valence-electron chi connectivity index (χ3n) is 4.26. The highest BCUT2D eigenvalue weighted by atomic mass is 19.1. The van der Waals surface area contributed by atoms with Crippen LogP contribution < -0.4 is 9.47 Å². The van der Waals surface area contributed by atoms with E-state index in [2.05, 4.69) is 4.98 Å². The van der Waals surface area contributed by atoms with Crippen LogP contribution in [0.4, 0.5) is 4.39 Å². The minimum absolute atomic E-state index is 0.0146. The lowest BCUT2D eigenvalue weighted by atomic mass is 10.0. The van der Waals surface area contributed by atoms with Gasteiger partial charge in [0.25, 0.3) is 0 Å². The molecule has 1 aliphatic heterocycles. The summed E-state index contributed by atoms with van der Waals surface area (Å²) in [4.78, 5) is 28.7. The summed E-state index contributed by atoms with van der Waals surface area (Å²) in [5.41, 5.74) is 1.56. The SMILES string of the molecule is Cc1cc(OC(=O)c2ccncc2)cc2c1C(=O)/C(=C/c1ccccc1F)O2. The molecule has 3 aromatic rings. The number of rotatable bonds is 3. The van der Waals surface area contributed by atoms with E-state index in [4.69, 9.17) is 9.47 Å². The van der Waals surface area contributed by atoms with Crippen molar-refractivity contribution in [3.63, 3.8) is 0 Å². The predicted molar refractivity (Wildman–Crippen MR) is 99.7 cm³/mol. The Hall–Kier alpha value is -3.80. The summed E-state index contributed by atoms with van der Waals surface area (Å²) in [5.74, 6) is -0.814. The first-order valence-electron chi connectivity index (χ1n) is 8.48. The Balaban J connectivity index is 1.63. The minimum atomic E-state index is -0.548. The fraction of sp³-hybridized carbons (Fsp3) is 0.0455. The Morgan fingerprint density at radius 3 is 2.64 bits per heavy atom. The van der Waals surface area contributed by atoms with Crippen molar-refractivity contribution in [1.29, 1.82) is 0 Å². The summed E-state index contributed by atoms with van der Waals surface area (Å²) in [5, 5.41) is 0. The molecule has 2 heterocycles. The van der Waals surface area contributed by atoms with Crippen molar-refractivity contribution >= 4 is 17.8 Å². The van der Waals surface area contributed by atoms with Crippen LogP contribution in [0.5, 0.6) is 11.5 Å². The molecular formula is C22H14FNO4. The molecule has 6 heteroatoms. The number of esters is 1. The van der Waals surface area contributed by atoms with Crippen molar-refractivity contribution in [2.75, 3.05) is 0 Å². The average Bonchev–Trinajstić information content (AvgIpc) is 3.00. The van der Waals surface area contributed by atoms with Crippen LogP contribution in [0.25, 0.3) is 6.08 Å². The molecule has 1 aliphatic rings. The molecule has 0 unspecified atom stereocenters. The normalized spacial score (nSPS) is 13.9. The van der Waals surface area contributed by atoms with Crippen molar-refractivity contribution in [2.45, 2.75) is 6.92 Å². The molecule has 138 valence electrons. The summed E-state index contributed by atoms with van der Waals surface area (Å²) in [7, 11) is 0. The molecule has 0 atom stereocenters. The molecule has 0 N–H and O–H groups in total. The number of carbonyl (C=O) groups excluding carboxylic acids is 2. The van der Waals surface area contributed by atoms with Gasteiger partial charge in [0.2, 0.25) is 5.78 Å². The first-order valence-corrected chi connectivity index (χ1v) is 8.48. The van der Waals surface area contributed by atoms with Gasteiger partial charge in [-0.1, -0.05) is 18.2 Å². The molecule has 0 radical (unpaired) electrons. The number of nitrogens with zero attached hydrogens (tertiary/aromatic N) is 1. The smallest absolute Gasteiger partial charge is 0.343 e. The number of hydrogen-bond acceptors (Lipinski definition) is 5. The second-order valence-electron chi connectivity index (χ2n) is 6.20. The third-order valence-corrected chi connectivity index (χ3v) is 4.26. The molecule has 0 saturated heterocycles. The molecule has 4 rings (SSSR count). The fourth-order valence-corrected chi connectivity index (χ4v) is 2.92. The van der Waals surface area contributed by atoms with Crippen molar-refractivity contribution in [3.8, 4) is 11.5 Å². The van der Waals surface area contributed by atoms with Crippen molar-refractivity contribution < 1.29 is 23.5 Å². The monoisotopic (exact) mass is 375 g/mol. The molecular weight excluding hydrogens is 361 g/mol. The Morgan fingerprint density at radius 1 is 1.14 bits per heavy atom. The number of aromatic nitrogens is 1. The van der Waals surface area contributed by atoms with Crippen LogP contribution in [0.15, 0.2) is 66.7 Å². The van der Waals surface area contributed by atoms with E-state index in [0.717, 1.165) is 0 Å². The van der Waals surface area contributed by atoms with E-state index in [1.165, 1.54) is 42.7 Å². The molecule has 0 aliphatic carbocycles. The molecule has 1 aromatic heterocycles. The number of pyridine rings is 1. The number of allylic oxidation sites excluding steroid dienone is 1. The molecule has 5 nitrogen and oxygen atoms in total. The summed E-state index contributed by atoms with van der Waals surface area (Å²) in [6.45, 7) is 1.72. The maximum atomic E-state index is 13.9. The van der Waals surface area contributed by atoms with Gasteiger partial charge in [0.15, 0.2) is 5.76 Å². The van der Waals surface area contributed by atoms with Gasteiger partial charge in [0.05, 0.1) is 11.1 Å². The number of aryl methyl sites for hydroxylation is 1. The summed E-state index contributed by atoms with van der Waals surface area (Å²) in [6.07, 6.45) is 4.35. The zero-order valence-corrected chi connectivity index (χ0v) is 14.8. The largest absolute Gasteiger partial charge is 0.452 e. The molecule has 0 fully saturated rings. The average molecular weight is 375 g/mol. The van der Waals surface area contributed by atoms with Gasteiger partial charge in [-0.15, -0.1) is 0 Å². The topological polar surface area (TPSA) is 65.5 Å². The third kappa shape index (κ3) is 3.27. The van der Waals surface area contributed by atoms with Gasteiger partial charge in [0, 0.05) is 24.0 Å². The molecule has 0 bridgehead atoms. The summed E-state index contributed by atoms with van der Waals surface area (Å²) in [6, 6.07) is 12.2. The number of fused-ring (bicyclic) bond motifs is 1. The maximum absolute atomic E-state index is 13.9. The van der Waals surface area contributed by atoms with Gasteiger partial charge in [-0.3, -0.25) is 9.78 Å². The highest BCUT2D eigenvalue weighted by Gasteiger charge is 2.30. The highest BCUT2D eigenvalue weighted by Crippen LogP contribution is 2.37. The quantitative estimate of drug-likeness (QED) is 0.386. The second kappa shape index (κ2) is 7.08. The Morgan fingerprint density at radius 2 is 1.89 bits per heavy atom. The van der Waals surface area contributed by atoms with Crippen LogP contribution >= 0.6 is 0 Å². The minimum Gasteiger partial charge on any atom is -0.452 e. The van der Waals surface area contributed by atoms with E-state index in [-0.39, 0.29) is 28.6 Å². The summed E-state index contributed by atoms with van der Waals surface area (Å²) >= 11 is 0. The predicted octanol–water partition coefficient (Wildman–Crippen LogP) is 4.36. The maximum Gasteiger partial charge on any atom is 0.343 e. The van der Waals surface area contributed by atoms with Gasteiger partial charge < -0.3 is 9.47 Å². The fourth-order valence-electron chi connectivity index (χ4n) is 2.92. The number of benzene rings is 2. The van der Waals surface area contributed by atoms with Gasteiger partial charge in [-0.2, -0.15) is 0 Å². The number of ketones is 1. The van der Waals surface area contributed by atoms with Crippen LogP contribution in [-0.4, -0.2) is 16.7 Å². The zero-order chi connectivity index (χ0) is 19.7. The lowest BCUT2D eigenvalue weighted by Gasteiger charge is -2.07. The summed E-state index contributed by atoms with van der Waals surface area (Å²) < 4.78 is 24.9. The van der Waals surface area contributed by atoms with Crippen molar-refractivity contribution in [1.82, 2.24) is 4.98 Å². The van der Waals surface area contributed by atoms with Crippen LogP contribution in [0.2, 0.25) is 0 Å². The van der Waals surface area contributed by atoms with E-state index in [0.29, 0.717) is 16.7 Å². The van der Waals surface area contributed by atoms with Gasteiger partial charge >= 0.3 is 5.97 Å². The zero-order valence-electron chi connectivity index (χ0n) is 14.8. The van der Waals surface area contributed by atoms with E-state index < -0.39 is 11.8 Å². The van der Waals surface area contributed by atoms with Gasteiger partial charge in [-0.05, 0) is 42.8 Å². The Bertz CT molecular complexity index is 1120. The van der Waals surface area contributed by atoms with Crippen LogP contribution in [0, 0.1) is 12.7 Å². The van der Waals surface area contributed by atoms with Crippen molar-refractivity contribution in [3.05, 3.63) is 94.8 Å². The molecule has 0 saturated carbocycles. The molecule has 0 amide bonds. The van der Waals surface area contributed by atoms with Gasteiger partial charge in [0.1, 0.15) is 17.3 Å². The van der Waals surface area contributed by atoms with E-state index in [1.54, 1.807) is 31.2 Å². The van der Waals surface area contributed by atoms with Crippen molar-refractivity contribution in [2.24, 2.45) is 0 Å². The molecule has 0 spiro atoms. The van der Waals surface area contributed by atoms with Crippen LogP contribution in [-0.2, 0) is 0 Å². The van der Waals surface area contributed by atoms with E-state index >= 15 is 0 Å². The Labute approximate surface area is 160 Å². The van der Waals surface area contributed by atoms with Crippen LogP contribution in [0.3, 0.4) is 0 Å². The highest BCUT2D eigenvalue weighted by molar-refractivity contribution is 6.15. The lowest BCUT2D eigenvalue weighted by molar-refractivity contribution is 0.0734. The number of halogens is 1. The molecule has 28 heavy (non-hydrogen) atoms. The first kappa shape index (κ1) is 17.6. The Kier molecular flexibility index (Phi) is 4.45. The lowest BCUT2D eigenvalue weighted by Crippen LogP contribution is -2.08. The van der Waals surface area contributed by atoms with Gasteiger partial charge in [-0.25, -0.2) is 9.18 Å². The van der Waals surface area contributed by atoms with E-state index in [1.807, 2.05) is 0 Å². The van der Waals surface area contributed by atoms with Crippen LogP contribution in [0.1, 0.15) is 31.8 Å². The second-order valence-corrected chi connectivity index (χ2v) is 6.20. The standard InChI is InChI=1S/C22H14FNO4/c1-13-10-16(27-22(26)14-6-8-24-9-7-14)12-18-20(13)21(25)19(28-18)11-15-4-2-3-5-17(15)23/h2-12H,1H3/b19-11-. The first-order chi connectivity index (χ1) is 13.5. The number of hydrogen-bond donors (Lipinski definition) is 0. The number of ether oxygens (including phenoxy) is 2.